The van der Waals surface area contributed by atoms with Gasteiger partial charge in [0.15, 0.2) is 0 Å². The lowest BCUT2D eigenvalue weighted by atomic mass is 9.82. The first-order valence-electron chi connectivity index (χ1n) is 18.4. The van der Waals surface area contributed by atoms with Gasteiger partial charge in [-0.2, -0.15) is 0 Å². The summed E-state index contributed by atoms with van der Waals surface area (Å²) in [5.41, 5.74) is 17.1. The smallest absolute Gasteiger partial charge is 0.0622 e. The highest BCUT2D eigenvalue weighted by atomic mass is 15.1. The highest BCUT2D eigenvalue weighted by molar-refractivity contribution is 6.16. The van der Waals surface area contributed by atoms with Crippen molar-refractivity contribution < 1.29 is 0 Å². The molecule has 0 spiro atoms. The summed E-state index contributed by atoms with van der Waals surface area (Å²) in [4.78, 5) is 2.42. The van der Waals surface area contributed by atoms with Gasteiger partial charge < -0.3 is 9.47 Å². The SMILES string of the molecule is CC1(C)c2ccccc2-c2c1ccc1c3ccc(N(c4ccc(-c5ccccc5)cc4)c4ccccc4-c4ccccc4)cc3n(-c3ccccc3)c21. The molecule has 0 atom stereocenters. The van der Waals surface area contributed by atoms with Crippen molar-refractivity contribution in [2.24, 2.45) is 0 Å². The zero-order valence-electron chi connectivity index (χ0n) is 29.9. The van der Waals surface area contributed by atoms with Gasteiger partial charge in [-0.05, 0) is 75.8 Å². The van der Waals surface area contributed by atoms with Gasteiger partial charge in [0.05, 0.1) is 16.7 Å². The monoisotopic (exact) mass is 678 g/mol. The van der Waals surface area contributed by atoms with Crippen LogP contribution in [-0.2, 0) is 5.41 Å². The Balaban J connectivity index is 1.25. The van der Waals surface area contributed by atoms with Gasteiger partial charge in [0, 0.05) is 44.4 Å². The van der Waals surface area contributed by atoms with Crippen molar-refractivity contribution in [3.05, 3.63) is 205 Å². The van der Waals surface area contributed by atoms with Gasteiger partial charge in [-0.1, -0.05) is 166 Å². The van der Waals surface area contributed by atoms with Crippen LogP contribution in [0.5, 0.6) is 0 Å². The van der Waals surface area contributed by atoms with Gasteiger partial charge >= 0.3 is 0 Å². The van der Waals surface area contributed by atoms with Crippen LogP contribution >= 0.6 is 0 Å². The van der Waals surface area contributed by atoms with Crippen LogP contribution in [0.2, 0.25) is 0 Å². The predicted molar refractivity (Wildman–Crippen MR) is 224 cm³/mol. The minimum absolute atomic E-state index is 0.0902. The topological polar surface area (TPSA) is 8.17 Å². The lowest BCUT2D eigenvalue weighted by Crippen LogP contribution is -2.14. The summed E-state index contributed by atoms with van der Waals surface area (Å²) in [6.45, 7) is 4.73. The molecule has 10 rings (SSSR count). The largest absolute Gasteiger partial charge is 0.310 e. The number of benzene rings is 8. The minimum Gasteiger partial charge on any atom is -0.310 e. The van der Waals surface area contributed by atoms with E-state index in [4.69, 9.17) is 0 Å². The molecule has 0 saturated heterocycles. The van der Waals surface area contributed by atoms with E-state index in [1.807, 2.05) is 0 Å². The molecule has 1 heterocycles. The standard InChI is InChI=1S/C51H38N2/c1-51(2)45-24-14-12-23-44(45)49-46(51)33-32-43-42-31-30-40(34-48(42)53(50(43)49)38-20-10-5-11-21-38)52(39-28-26-36(27-29-39)35-16-6-3-7-17-35)47-25-15-13-22-41(47)37-18-8-4-9-19-37/h3-34H,1-2H3. The molecule has 9 aromatic rings. The first-order valence-corrected chi connectivity index (χ1v) is 18.4. The van der Waals surface area contributed by atoms with Gasteiger partial charge in [-0.3, -0.25) is 0 Å². The normalized spacial score (nSPS) is 12.9. The molecule has 0 bridgehead atoms. The average molecular weight is 679 g/mol. The number of fused-ring (bicyclic) bond motifs is 7. The molecule has 2 heteroatoms. The Labute approximate surface area is 310 Å². The maximum absolute atomic E-state index is 2.50. The number of hydrogen-bond donors (Lipinski definition) is 0. The predicted octanol–water partition coefficient (Wildman–Crippen LogP) is 13.9. The van der Waals surface area contributed by atoms with E-state index in [1.54, 1.807) is 0 Å². The van der Waals surface area contributed by atoms with Crippen molar-refractivity contribution in [2.45, 2.75) is 19.3 Å². The van der Waals surface area contributed by atoms with Crippen LogP contribution in [0, 0.1) is 0 Å². The first kappa shape index (κ1) is 31.1. The van der Waals surface area contributed by atoms with Gasteiger partial charge in [-0.25, -0.2) is 0 Å². The average Bonchev–Trinajstić information content (AvgIpc) is 3.67. The molecular weight excluding hydrogens is 641 g/mol. The van der Waals surface area contributed by atoms with E-state index in [0.717, 1.165) is 22.7 Å². The number of anilines is 3. The second-order valence-corrected chi connectivity index (χ2v) is 14.6. The first-order chi connectivity index (χ1) is 26.1. The highest BCUT2D eigenvalue weighted by Gasteiger charge is 2.37. The van der Waals surface area contributed by atoms with Crippen LogP contribution in [0.1, 0.15) is 25.0 Å². The van der Waals surface area contributed by atoms with Crippen molar-refractivity contribution in [3.63, 3.8) is 0 Å². The molecule has 2 nitrogen and oxygen atoms in total. The summed E-state index contributed by atoms with van der Waals surface area (Å²) < 4.78 is 2.50. The van der Waals surface area contributed by atoms with E-state index in [1.165, 1.54) is 66.3 Å². The Morgan fingerprint density at radius 1 is 0.434 bits per heavy atom. The van der Waals surface area contributed by atoms with Crippen molar-refractivity contribution in [1.82, 2.24) is 4.57 Å². The van der Waals surface area contributed by atoms with E-state index in [2.05, 4.69) is 217 Å². The van der Waals surface area contributed by atoms with Crippen LogP contribution < -0.4 is 4.90 Å². The highest BCUT2D eigenvalue weighted by Crippen LogP contribution is 2.53. The van der Waals surface area contributed by atoms with Crippen molar-refractivity contribution in [2.75, 3.05) is 4.90 Å². The molecule has 0 amide bonds. The third-order valence-corrected chi connectivity index (χ3v) is 11.2. The molecule has 1 aromatic heterocycles. The number of para-hydroxylation sites is 2. The molecule has 8 aromatic carbocycles. The summed E-state index contributed by atoms with van der Waals surface area (Å²) in [7, 11) is 0. The zero-order chi connectivity index (χ0) is 35.5. The lowest BCUT2D eigenvalue weighted by molar-refractivity contribution is 0.661. The summed E-state index contributed by atoms with van der Waals surface area (Å²) in [5, 5.41) is 2.51. The van der Waals surface area contributed by atoms with Crippen LogP contribution in [0.25, 0.3) is 60.9 Å². The quantitative estimate of drug-likeness (QED) is 0.170. The maximum atomic E-state index is 2.50. The van der Waals surface area contributed by atoms with E-state index in [9.17, 15) is 0 Å². The molecule has 1 aliphatic rings. The fraction of sp³-hybridized carbons (Fsp3) is 0.0588. The van der Waals surface area contributed by atoms with Gasteiger partial charge in [0.1, 0.15) is 0 Å². The third kappa shape index (κ3) is 4.94. The van der Waals surface area contributed by atoms with Crippen LogP contribution in [0.15, 0.2) is 194 Å². The Kier molecular flexibility index (Phi) is 7.19. The Hall–Kier alpha value is -6.64. The molecule has 0 N–H and O–H groups in total. The number of aromatic nitrogens is 1. The Bertz CT molecular complexity index is 2780. The minimum atomic E-state index is -0.0902. The van der Waals surface area contributed by atoms with Gasteiger partial charge in [0.25, 0.3) is 0 Å². The van der Waals surface area contributed by atoms with Crippen molar-refractivity contribution >= 4 is 38.9 Å². The second-order valence-electron chi connectivity index (χ2n) is 14.6. The fourth-order valence-corrected chi connectivity index (χ4v) is 8.65. The molecule has 0 aliphatic heterocycles. The number of rotatable bonds is 6. The third-order valence-electron chi connectivity index (χ3n) is 11.2. The second kappa shape index (κ2) is 12.3. The van der Waals surface area contributed by atoms with Gasteiger partial charge in [-0.15, -0.1) is 0 Å². The van der Waals surface area contributed by atoms with E-state index >= 15 is 0 Å². The molecule has 0 fully saturated rings. The van der Waals surface area contributed by atoms with Crippen molar-refractivity contribution in [1.29, 1.82) is 0 Å². The lowest BCUT2D eigenvalue weighted by Gasteiger charge is -2.28. The molecule has 53 heavy (non-hydrogen) atoms. The molecule has 0 unspecified atom stereocenters. The van der Waals surface area contributed by atoms with E-state index in [-0.39, 0.29) is 5.41 Å². The van der Waals surface area contributed by atoms with Crippen LogP contribution in [0.4, 0.5) is 17.1 Å². The summed E-state index contributed by atoms with van der Waals surface area (Å²) in [5.74, 6) is 0. The van der Waals surface area contributed by atoms with Gasteiger partial charge in [0.2, 0.25) is 0 Å². The van der Waals surface area contributed by atoms with Crippen LogP contribution in [0.3, 0.4) is 0 Å². The van der Waals surface area contributed by atoms with E-state index < -0.39 is 0 Å². The van der Waals surface area contributed by atoms with E-state index in [0.29, 0.717) is 0 Å². The van der Waals surface area contributed by atoms with Crippen LogP contribution in [-0.4, -0.2) is 4.57 Å². The molecule has 0 saturated carbocycles. The zero-order valence-corrected chi connectivity index (χ0v) is 29.9. The maximum Gasteiger partial charge on any atom is 0.0622 e. The Morgan fingerprint density at radius 2 is 1.00 bits per heavy atom. The summed E-state index contributed by atoms with van der Waals surface area (Å²) in [6.07, 6.45) is 0. The molecular formula is C51H38N2. The summed E-state index contributed by atoms with van der Waals surface area (Å²) >= 11 is 0. The molecule has 0 radical (unpaired) electrons. The molecule has 1 aliphatic carbocycles. The molecule has 252 valence electrons. The number of hydrogen-bond acceptors (Lipinski definition) is 1. The van der Waals surface area contributed by atoms with Crippen molar-refractivity contribution in [3.8, 4) is 39.1 Å². The number of nitrogens with zero attached hydrogens (tertiary/aromatic N) is 2. The summed E-state index contributed by atoms with van der Waals surface area (Å²) in [6, 6.07) is 70.7. The Morgan fingerprint density at radius 3 is 1.74 bits per heavy atom. The fourth-order valence-electron chi connectivity index (χ4n) is 8.65.